The lowest BCUT2D eigenvalue weighted by Crippen LogP contribution is -2.43. The molecule has 1 fully saturated rings. The van der Waals surface area contributed by atoms with Crippen molar-refractivity contribution in [3.8, 4) is 0 Å². The molecule has 0 saturated carbocycles. The van der Waals surface area contributed by atoms with Crippen LogP contribution in [0.3, 0.4) is 0 Å². The van der Waals surface area contributed by atoms with Gasteiger partial charge in [-0.25, -0.2) is 0 Å². The Kier molecular flexibility index (Phi) is 5.01. The van der Waals surface area contributed by atoms with Gasteiger partial charge in [0.25, 0.3) is 0 Å². The van der Waals surface area contributed by atoms with E-state index in [1.54, 1.807) is 0 Å². The van der Waals surface area contributed by atoms with E-state index in [2.05, 4.69) is 65.1 Å². The van der Waals surface area contributed by atoms with Crippen LogP contribution in [0.4, 0.5) is 5.69 Å². The van der Waals surface area contributed by atoms with Gasteiger partial charge in [0.05, 0.1) is 5.60 Å². The predicted molar refractivity (Wildman–Crippen MR) is 92.8 cm³/mol. The van der Waals surface area contributed by atoms with Gasteiger partial charge in [0.15, 0.2) is 0 Å². The number of aliphatic hydroxyl groups is 1. The maximum absolute atomic E-state index is 10.1. The van der Waals surface area contributed by atoms with Crippen LogP contribution < -0.4 is 10.2 Å². The Morgan fingerprint density at radius 2 is 1.90 bits per heavy atom. The van der Waals surface area contributed by atoms with Crippen molar-refractivity contribution in [2.45, 2.75) is 58.2 Å². The van der Waals surface area contributed by atoms with Crippen molar-refractivity contribution >= 4 is 21.6 Å². The third-order valence-corrected chi connectivity index (χ3v) is 4.53. The molecule has 1 aromatic rings. The van der Waals surface area contributed by atoms with E-state index in [1.807, 2.05) is 6.92 Å². The first-order chi connectivity index (χ1) is 9.66. The SMILES string of the molecule is CC1(O)CCN(c2cc(Br)ccc2CNC(C)(C)C)CC1. The van der Waals surface area contributed by atoms with E-state index in [4.69, 9.17) is 0 Å². The number of piperidine rings is 1. The minimum atomic E-state index is -0.508. The highest BCUT2D eigenvalue weighted by Crippen LogP contribution is 2.30. The summed E-state index contributed by atoms with van der Waals surface area (Å²) in [4.78, 5) is 2.39. The van der Waals surface area contributed by atoms with Gasteiger partial charge in [0.2, 0.25) is 0 Å². The summed E-state index contributed by atoms with van der Waals surface area (Å²) in [7, 11) is 0. The average Bonchev–Trinajstić information content (AvgIpc) is 2.36. The fraction of sp³-hybridized carbons (Fsp3) is 0.647. The van der Waals surface area contributed by atoms with E-state index < -0.39 is 5.60 Å². The Morgan fingerprint density at radius 1 is 1.29 bits per heavy atom. The zero-order valence-corrected chi connectivity index (χ0v) is 15.1. The lowest BCUT2D eigenvalue weighted by atomic mass is 9.93. The number of nitrogens with one attached hydrogen (secondary N) is 1. The maximum Gasteiger partial charge on any atom is 0.0653 e. The van der Waals surface area contributed by atoms with Crippen molar-refractivity contribution in [2.75, 3.05) is 18.0 Å². The summed E-state index contributed by atoms with van der Waals surface area (Å²) in [6, 6.07) is 6.48. The standard InChI is InChI=1S/C17H27BrN2O/c1-16(2,3)19-12-13-5-6-14(18)11-15(13)20-9-7-17(4,21)8-10-20/h5-6,11,19,21H,7-10,12H2,1-4H3. The maximum atomic E-state index is 10.1. The van der Waals surface area contributed by atoms with E-state index in [1.165, 1.54) is 11.3 Å². The van der Waals surface area contributed by atoms with Crippen LogP contribution in [0, 0.1) is 0 Å². The molecule has 2 rings (SSSR count). The molecule has 0 atom stereocenters. The molecule has 1 saturated heterocycles. The first kappa shape index (κ1) is 16.8. The topological polar surface area (TPSA) is 35.5 Å². The van der Waals surface area contributed by atoms with Crippen molar-refractivity contribution in [1.82, 2.24) is 5.32 Å². The Labute approximate surface area is 136 Å². The second-order valence-corrected chi connectivity index (χ2v) is 8.28. The summed E-state index contributed by atoms with van der Waals surface area (Å²) in [6.45, 7) is 11.2. The molecule has 2 N–H and O–H groups in total. The lowest BCUT2D eigenvalue weighted by Gasteiger charge is -2.38. The van der Waals surface area contributed by atoms with Crippen LogP contribution >= 0.6 is 15.9 Å². The Hall–Kier alpha value is -0.580. The molecular weight excluding hydrogens is 328 g/mol. The average molecular weight is 355 g/mol. The molecule has 0 spiro atoms. The molecule has 1 heterocycles. The molecule has 0 bridgehead atoms. The minimum Gasteiger partial charge on any atom is -0.390 e. The zero-order chi connectivity index (χ0) is 15.7. The van der Waals surface area contributed by atoms with Crippen molar-refractivity contribution in [3.63, 3.8) is 0 Å². The molecule has 1 aliphatic heterocycles. The zero-order valence-electron chi connectivity index (χ0n) is 13.5. The van der Waals surface area contributed by atoms with Gasteiger partial charge in [-0.1, -0.05) is 22.0 Å². The van der Waals surface area contributed by atoms with Crippen molar-refractivity contribution in [3.05, 3.63) is 28.2 Å². The Bertz CT molecular complexity index is 484. The summed E-state index contributed by atoms with van der Waals surface area (Å²) >= 11 is 3.58. The predicted octanol–water partition coefficient (Wildman–Crippen LogP) is 3.69. The fourth-order valence-corrected chi connectivity index (χ4v) is 2.92. The van der Waals surface area contributed by atoms with E-state index in [9.17, 15) is 5.11 Å². The van der Waals surface area contributed by atoms with Crippen LogP contribution in [0.1, 0.15) is 46.1 Å². The molecule has 1 aromatic carbocycles. The Morgan fingerprint density at radius 3 is 2.48 bits per heavy atom. The van der Waals surface area contributed by atoms with Crippen molar-refractivity contribution in [1.29, 1.82) is 0 Å². The van der Waals surface area contributed by atoms with E-state index in [0.717, 1.165) is 36.9 Å². The van der Waals surface area contributed by atoms with Crippen LogP contribution in [0.25, 0.3) is 0 Å². The van der Waals surface area contributed by atoms with Crippen LogP contribution in [-0.4, -0.2) is 29.3 Å². The van der Waals surface area contributed by atoms with Crippen LogP contribution in [0.5, 0.6) is 0 Å². The van der Waals surface area contributed by atoms with Gasteiger partial charge in [-0.05, 0) is 58.2 Å². The highest BCUT2D eigenvalue weighted by molar-refractivity contribution is 9.10. The second-order valence-electron chi connectivity index (χ2n) is 7.36. The molecule has 0 radical (unpaired) electrons. The van der Waals surface area contributed by atoms with E-state index in [-0.39, 0.29) is 5.54 Å². The molecular formula is C17H27BrN2O. The third kappa shape index (κ3) is 4.97. The molecule has 118 valence electrons. The molecule has 0 amide bonds. The van der Waals surface area contributed by atoms with Crippen LogP contribution in [0.15, 0.2) is 22.7 Å². The van der Waals surface area contributed by atoms with Gasteiger partial charge < -0.3 is 15.3 Å². The number of anilines is 1. The van der Waals surface area contributed by atoms with Crippen LogP contribution in [0.2, 0.25) is 0 Å². The minimum absolute atomic E-state index is 0.107. The monoisotopic (exact) mass is 354 g/mol. The van der Waals surface area contributed by atoms with E-state index in [0.29, 0.717) is 0 Å². The highest BCUT2D eigenvalue weighted by Gasteiger charge is 2.28. The van der Waals surface area contributed by atoms with Gasteiger partial charge in [-0.3, -0.25) is 0 Å². The number of nitrogens with zero attached hydrogens (tertiary/aromatic N) is 1. The number of rotatable bonds is 3. The van der Waals surface area contributed by atoms with Gasteiger partial charge in [0.1, 0.15) is 0 Å². The third-order valence-electron chi connectivity index (χ3n) is 4.04. The van der Waals surface area contributed by atoms with E-state index >= 15 is 0 Å². The molecule has 4 heteroatoms. The first-order valence-corrected chi connectivity index (χ1v) is 8.46. The quantitative estimate of drug-likeness (QED) is 0.868. The first-order valence-electron chi connectivity index (χ1n) is 7.67. The van der Waals surface area contributed by atoms with Crippen molar-refractivity contribution < 1.29 is 5.11 Å². The number of hydrogen-bond acceptors (Lipinski definition) is 3. The molecule has 3 nitrogen and oxygen atoms in total. The van der Waals surface area contributed by atoms with Gasteiger partial charge in [-0.2, -0.15) is 0 Å². The number of benzene rings is 1. The van der Waals surface area contributed by atoms with Crippen LogP contribution in [-0.2, 0) is 6.54 Å². The van der Waals surface area contributed by atoms with Crippen molar-refractivity contribution in [2.24, 2.45) is 0 Å². The highest BCUT2D eigenvalue weighted by atomic mass is 79.9. The summed E-state index contributed by atoms with van der Waals surface area (Å²) in [5, 5.41) is 13.7. The molecule has 0 unspecified atom stereocenters. The normalized spacial score (nSPS) is 18.9. The molecule has 0 aromatic heterocycles. The summed E-state index contributed by atoms with van der Waals surface area (Å²) in [6.07, 6.45) is 1.65. The molecule has 21 heavy (non-hydrogen) atoms. The van der Waals surface area contributed by atoms with Gasteiger partial charge in [0, 0.05) is 35.3 Å². The summed E-state index contributed by atoms with van der Waals surface area (Å²) in [5.41, 5.74) is 2.19. The number of halogens is 1. The smallest absolute Gasteiger partial charge is 0.0653 e. The molecule has 1 aliphatic rings. The summed E-state index contributed by atoms with van der Waals surface area (Å²) in [5.74, 6) is 0. The van der Waals surface area contributed by atoms with Gasteiger partial charge in [-0.15, -0.1) is 0 Å². The number of hydrogen-bond donors (Lipinski definition) is 2. The summed E-state index contributed by atoms with van der Waals surface area (Å²) < 4.78 is 1.11. The largest absolute Gasteiger partial charge is 0.390 e. The Balaban J connectivity index is 2.16. The fourth-order valence-electron chi connectivity index (χ4n) is 2.57. The van der Waals surface area contributed by atoms with Gasteiger partial charge >= 0.3 is 0 Å². The second kappa shape index (κ2) is 6.27. The lowest BCUT2D eigenvalue weighted by molar-refractivity contribution is 0.0351. The molecule has 0 aliphatic carbocycles.